The molecule has 0 saturated carbocycles. The second-order valence-corrected chi connectivity index (χ2v) is 7.79. The maximum Gasteiger partial charge on any atom is 0.193 e. The number of aliphatic imine (C=N–C) groups is 1. The fourth-order valence-electron chi connectivity index (χ4n) is 4.17. The lowest BCUT2D eigenvalue weighted by molar-refractivity contribution is 0.214. The van der Waals surface area contributed by atoms with Crippen molar-refractivity contribution in [2.75, 3.05) is 46.3 Å². The van der Waals surface area contributed by atoms with Crippen molar-refractivity contribution in [3.63, 3.8) is 0 Å². The van der Waals surface area contributed by atoms with Gasteiger partial charge in [0.25, 0.3) is 0 Å². The molecule has 25 heavy (non-hydrogen) atoms. The third-order valence-corrected chi connectivity index (χ3v) is 5.42. The zero-order chi connectivity index (χ0) is 17.6. The summed E-state index contributed by atoms with van der Waals surface area (Å²) in [4.78, 5) is 9.88. The molecule has 0 aliphatic carbocycles. The van der Waals surface area contributed by atoms with E-state index in [4.69, 9.17) is 4.99 Å². The zero-order valence-corrected chi connectivity index (χ0v) is 16.1. The number of hydrogen-bond donors (Lipinski definition) is 1. The van der Waals surface area contributed by atoms with E-state index >= 15 is 0 Å². The Morgan fingerprint density at radius 3 is 2.84 bits per heavy atom. The van der Waals surface area contributed by atoms with Gasteiger partial charge >= 0.3 is 0 Å². The van der Waals surface area contributed by atoms with Crippen LogP contribution in [0, 0.1) is 11.8 Å². The first kappa shape index (κ1) is 18.2. The van der Waals surface area contributed by atoms with Gasteiger partial charge in [0.2, 0.25) is 0 Å². The number of hydrogen-bond acceptors (Lipinski definition) is 3. The number of guanidine groups is 1. The standard InChI is InChI=1S/C19H34N6/c1-4-20-19(21-11-17-6-5-8-23(2)13-17)25-9-7-16(15-25)10-18-12-22-24(3)14-18/h12,14,16-17H,4-11,13,15H2,1-3H3,(H,20,21). The van der Waals surface area contributed by atoms with E-state index in [-0.39, 0.29) is 0 Å². The third kappa shape index (κ3) is 5.21. The molecule has 140 valence electrons. The summed E-state index contributed by atoms with van der Waals surface area (Å²) in [5.41, 5.74) is 1.35. The first-order chi connectivity index (χ1) is 12.1. The lowest BCUT2D eigenvalue weighted by atomic mass is 9.99. The topological polar surface area (TPSA) is 48.7 Å². The summed E-state index contributed by atoms with van der Waals surface area (Å²) >= 11 is 0. The summed E-state index contributed by atoms with van der Waals surface area (Å²) in [5.74, 6) is 2.53. The molecule has 0 spiro atoms. The number of aromatic nitrogens is 2. The van der Waals surface area contributed by atoms with Crippen molar-refractivity contribution in [2.45, 2.75) is 32.6 Å². The molecule has 2 saturated heterocycles. The number of piperidine rings is 1. The van der Waals surface area contributed by atoms with Crippen molar-refractivity contribution in [3.8, 4) is 0 Å². The average molecular weight is 347 g/mol. The van der Waals surface area contributed by atoms with Crippen LogP contribution in [0.4, 0.5) is 0 Å². The first-order valence-corrected chi connectivity index (χ1v) is 9.83. The number of likely N-dealkylation sites (tertiary alicyclic amines) is 2. The zero-order valence-electron chi connectivity index (χ0n) is 16.1. The van der Waals surface area contributed by atoms with Crippen molar-refractivity contribution in [2.24, 2.45) is 23.9 Å². The molecular formula is C19H34N6. The van der Waals surface area contributed by atoms with Crippen molar-refractivity contribution < 1.29 is 0 Å². The van der Waals surface area contributed by atoms with Gasteiger partial charge in [0.05, 0.1) is 6.20 Å². The van der Waals surface area contributed by atoms with E-state index in [2.05, 4.69) is 40.4 Å². The number of nitrogens with one attached hydrogen (secondary N) is 1. The minimum absolute atomic E-state index is 0.703. The monoisotopic (exact) mass is 346 g/mol. The summed E-state index contributed by atoms with van der Waals surface area (Å²) in [5, 5.41) is 7.80. The van der Waals surface area contributed by atoms with Crippen molar-refractivity contribution in [1.29, 1.82) is 0 Å². The van der Waals surface area contributed by atoms with Crippen LogP contribution < -0.4 is 5.32 Å². The minimum Gasteiger partial charge on any atom is -0.357 e. The average Bonchev–Trinajstić information content (AvgIpc) is 3.21. The van der Waals surface area contributed by atoms with E-state index in [1.165, 1.54) is 37.9 Å². The highest BCUT2D eigenvalue weighted by atomic mass is 15.3. The molecule has 1 aromatic heterocycles. The van der Waals surface area contributed by atoms with E-state index < -0.39 is 0 Å². The van der Waals surface area contributed by atoms with Gasteiger partial charge in [0, 0.05) is 46.0 Å². The Morgan fingerprint density at radius 2 is 2.12 bits per heavy atom. The fourth-order valence-corrected chi connectivity index (χ4v) is 4.17. The van der Waals surface area contributed by atoms with Gasteiger partial charge in [-0.1, -0.05) is 0 Å². The Hall–Kier alpha value is -1.56. The predicted molar refractivity (Wildman–Crippen MR) is 103 cm³/mol. The maximum atomic E-state index is 4.99. The number of nitrogens with zero attached hydrogens (tertiary/aromatic N) is 5. The molecule has 6 nitrogen and oxygen atoms in total. The fraction of sp³-hybridized carbons (Fsp3) is 0.789. The molecule has 6 heteroatoms. The van der Waals surface area contributed by atoms with Crippen LogP contribution in [0.2, 0.25) is 0 Å². The van der Waals surface area contributed by atoms with Gasteiger partial charge in [0.15, 0.2) is 5.96 Å². The summed E-state index contributed by atoms with van der Waals surface area (Å²) in [6.45, 7) is 8.69. The molecule has 2 unspecified atom stereocenters. The van der Waals surface area contributed by atoms with E-state index in [1.807, 2.05) is 17.9 Å². The molecular weight excluding hydrogens is 312 g/mol. The molecule has 3 rings (SSSR count). The van der Waals surface area contributed by atoms with Crippen LogP contribution in [0.5, 0.6) is 0 Å². The van der Waals surface area contributed by atoms with Crippen LogP contribution in [0.15, 0.2) is 17.4 Å². The lowest BCUT2D eigenvalue weighted by Gasteiger charge is -2.29. The minimum atomic E-state index is 0.703. The van der Waals surface area contributed by atoms with E-state index in [0.29, 0.717) is 11.8 Å². The smallest absolute Gasteiger partial charge is 0.193 e. The highest BCUT2D eigenvalue weighted by Crippen LogP contribution is 2.21. The molecule has 2 fully saturated rings. The molecule has 2 aliphatic heterocycles. The predicted octanol–water partition coefficient (Wildman–Crippen LogP) is 1.59. The van der Waals surface area contributed by atoms with E-state index in [0.717, 1.165) is 38.6 Å². The molecule has 3 heterocycles. The van der Waals surface area contributed by atoms with Gasteiger partial charge in [-0.2, -0.15) is 5.10 Å². The van der Waals surface area contributed by atoms with Gasteiger partial charge in [-0.15, -0.1) is 0 Å². The molecule has 0 bridgehead atoms. The van der Waals surface area contributed by atoms with Gasteiger partial charge in [-0.25, -0.2) is 0 Å². The van der Waals surface area contributed by atoms with Crippen molar-refractivity contribution in [1.82, 2.24) is 24.9 Å². The highest BCUT2D eigenvalue weighted by Gasteiger charge is 2.26. The molecule has 0 aromatic carbocycles. The largest absolute Gasteiger partial charge is 0.357 e. The van der Waals surface area contributed by atoms with Gasteiger partial charge in [-0.3, -0.25) is 9.67 Å². The second-order valence-electron chi connectivity index (χ2n) is 7.79. The maximum absolute atomic E-state index is 4.99. The van der Waals surface area contributed by atoms with Gasteiger partial charge in [0.1, 0.15) is 0 Å². The molecule has 2 aliphatic rings. The van der Waals surface area contributed by atoms with Crippen LogP contribution in [0.25, 0.3) is 0 Å². The van der Waals surface area contributed by atoms with Crippen LogP contribution in [0.1, 0.15) is 31.7 Å². The summed E-state index contributed by atoms with van der Waals surface area (Å²) in [6, 6.07) is 0. The lowest BCUT2D eigenvalue weighted by Crippen LogP contribution is -2.41. The highest BCUT2D eigenvalue weighted by molar-refractivity contribution is 5.80. The Morgan fingerprint density at radius 1 is 1.24 bits per heavy atom. The normalized spacial score (nSPS) is 25.6. The molecule has 0 amide bonds. The second kappa shape index (κ2) is 8.70. The molecule has 1 N–H and O–H groups in total. The van der Waals surface area contributed by atoms with Crippen LogP contribution in [-0.4, -0.2) is 71.9 Å². The van der Waals surface area contributed by atoms with Gasteiger partial charge < -0.3 is 15.1 Å². The summed E-state index contributed by atoms with van der Waals surface area (Å²) in [6.07, 6.45) is 9.13. The quantitative estimate of drug-likeness (QED) is 0.650. The molecule has 0 radical (unpaired) electrons. The summed E-state index contributed by atoms with van der Waals surface area (Å²) < 4.78 is 1.90. The van der Waals surface area contributed by atoms with E-state index in [9.17, 15) is 0 Å². The SMILES string of the molecule is CCNC(=NCC1CCCN(C)C1)N1CCC(Cc2cnn(C)c2)C1. The molecule has 1 aromatic rings. The van der Waals surface area contributed by atoms with Crippen molar-refractivity contribution >= 4 is 5.96 Å². The Labute approximate surface area is 152 Å². The third-order valence-electron chi connectivity index (χ3n) is 5.42. The number of rotatable bonds is 5. The van der Waals surface area contributed by atoms with Crippen LogP contribution in [0.3, 0.4) is 0 Å². The Bertz CT molecular complexity index is 566. The summed E-state index contributed by atoms with van der Waals surface area (Å²) in [7, 11) is 4.22. The first-order valence-electron chi connectivity index (χ1n) is 9.83. The number of aryl methyl sites for hydroxylation is 1. The van der Waals surface area contributed by atoms with Crippen LogP contribution >= 0.6 is 0 Å². The Kier molecular flexibility index (Phi) is 6.34. The van der Waals surface area contributed by atoms with E-state index in [1.54, 1.807) is 0 Å². The Balaban J connectivity index is 1.54. The van der Waals surface area contributed by atoms with Crippen molar-refractivity contribution in [3.05, 3.63) is 18.0 Å². The molecule has 2 atom stereocenters. The van der Waals surface area contributed by atoms with Gasteiger partial charge in [-0.05, 0) is 63.6 Å². The van der Waals surface area contributed by atoms with Crippen LogP contribution in [-0.2, 0) is 13.5 Å².